The van der Waals surface area contributed by atoms with Gasteiger partial charge >= 0.3 is 0 Å². The molecule has 1 aliphatic heterocycles. The van der Waals surface area contributed by atoms with E-state index in [-0.39, 0.29) is 17.9 Å². The highest BCUT2D eigenvalue weighted by atomic mass is 16.2. The molecule has 120 valence electrons. The number of piperazine rings is 1. The lowest BCUT2D eigenvalue weighted by Gasteiger charge is -2.47. The summed E-state index contributed by atoms with van der Waals surface area (Å²) in [5.41, 5.74) is -0.538. The Morgan fingerprint density at radius 2 is 1.95 bits per heavy atom. The maximum absolute atomic E-state index is 12.7. The van der Waals surface area contributed by atoms with E-state index in [1.807, 2.05) is 11.8 Å². The summed E-state index contributed by atoms with van der Waals surface area (Å²) in [7, 11) is 0. The maximum Gasteiger partial charge on any atom is 0.246 e. The molecule has 0 aromatic rings. The van der Waals surface area contributed by atoms with Crippen LogP contribution in [0.1, 0.15) is 72.1 Å². The molecular weight excluding hydrogens is 264 g/mol. The van der Waals surface area contributed by atoms with Crippen LogP contribution in [0.25, 0.3) is 0 Å². The van der Waals surface area contributed by atoms with Crippen LogP contribution in [-0.2, 0) is 9.59 Å². The fourth-order valence-electron chi connectivity index (χ4n) is 3.86. The van der Waals surface area contributed by atoms with Gasteiger partial charge in [-0.25, -0.2) is 0 Å². The van der Waals surface area contributed by atoms with E-state index in [2.05, 4.69) is 19.2 Å². The number of nitrogens with zero attached hydrogens (tertiary/aromatic N) is 1. The van der Waals surface area contributed by atoms with Gasteiger partial charge in [-0.3, -0.25) is 9.59 Å². The molecule has 0 aromatic heterocycles. The van der Waals surface area contributed by atoms with Crippen molar-refractivity contribution >= 4 is 11.8 Å². The average Bonchev–Trinajstić information content (AvgIpc) is 2.96. The van der Waals surface area contributed by atoms with Gasteiger partial charge in [-0.05, 0) is 32.1 Å². The first-order chi connectivity index (χ1) is 10.0. The molecule has 21 heavy (non-hydrogen) atoms. The molecule has 1 N–H and O–H groups in total. The summed E-state index contributed by atoms with van der Waals surface area (Å²) in [6, 6.07) is -0.368. The molecule has 4 heteroatoms. The van der Waals surface area contributed by atoms with Gasteiger partial charge in [0.05, 0.1) is 0 Å². The van der Waals surface area contributed by atoms with Crippen LogP contribution in [0.15, 0.2) is 0 Å². The van der Waals surface area contributed by atoms with E-state index in [0.717, 1.165) is 45.1 Å². The number of amides is 2. The molecule has 1 heterocycles. The Kier molecular flexibility index (Phi) is 5.28. The molecule has 0 bridgehead atoms. The van der Waals surface area contributed by atoms with Gasteiger partial charge in [0.2, 0.25) is 11.8 Å². The molecule has 1 spiro atoms. The summed E-state index contributed by atoms with van der Waals surface area (Å²) < 4.78 is 0. The first-order valence-electron chi connectivity index (χ1n) is 8.67. The quantitative estimate of drug-likeness (QED) is 0.819. The van der Waals surface area contributed by atoms with E-state index in [0.29, 0.717) is 5.92 Å². The SMILES string of the molecule is CCCCC(CC)CN1C(=O)C(C)NC(=O)C12CCCC2. The molecule has 2 fully saturated rings. The van der Waals surface area contributed by atoms with Crippen LogP contribution in [0, 0.1) is 5.92 Å². The number of carbonyl (C=O) groups excluding carboxylic acids is 2. The van der Waals surface area contributed by atoms with Crippen LogP contribution >= 0.6 is 0 Å². The Labute approximate surface area is 128 Å². The van der Waals surface area contributed by atoms with E-state index in [4.69, 9.17) is 0 Å². The van der Waals surface area contributed by atoms with Gasteiger partial charge in [-0.15, -0.1) is 0 Å². The van der Waals surface area contributed by atoms with Gasteiger partial charge in [0.15, 0.2) is 0 Å². The minimum atomic E-state index is -0.538. The van der Waals surface area contributed by atoms with E-state index in [1.165, 1.54) is 12.8 Å². The average molecular weight is 294 g/mol. The number of rotatable bonds is 6. The Balaban J connectivity index is 2.18. The number of nitrogens with one attached hydrogen (secondary N) is 1. The summed E-state index contributed by atoms with van der Waals surface area (Å²) in [6.45, 7) is 6.96. The second kappa shape index (κ2) is 6.80. The molecule has 1 saturated carbocycles. The van der Waals surface area contributed by atoms with Crippen molar-refractivity contribution in [2.45, 2.75) is 83.7 Å². The van der Waals surface area contributed by atoms with Crippen molar-refractivity contribution in [3.63, 3.8) is 0 Å². The lowest BCUT2D eigenvalue weighted by Crippen LogP contribution is -2.69. The van der Waals surface area contributed by atoms with Crippen LogP contribution in [0.5, 0.6) is 0 Å². The van der Waals surface area contributed by atoms with Crippen LogP contribution in [0.4, 0.5) is 0 Å². The standard InChI is InChI=1S/C17H30N2O2/c1-4-6-9-14(5-2)12-19-15(20)13(3)18-16(21)17(19)10-7-8-11-17/h13-14H,4-12H2,1-3H3,(H,18,21). The third kappa shape index (κ3) is 3.09. The molecule has 1 saturated heterocycles. The van der Waals surface area contributed by atoms with Crippen molar-refractivity contribution in [3.05, 3.63) is 0 Å². The number of hydrogen-bond donors (Lipinski definition) is 1. The summed E-state index contributed by atoms with van der Waals surface area (Å²) in [6.07, 6.45) is 8.40. The van der Waals surface area contributed by atoms with Crippen molar-refractivity contribution in [3.8, 4) is 0 Å². The summed E-state index contributed by atoms with van der Waals surface area (Å²) in [5.74, 6) is 0.716. The third-order valence-electron chi connectivity index (χ3n) is 5.34. The van der Waals surface area contributed by atoms with Gasteiger partial charge in [0.25, 0.3) is 0 Å². The zero-order valence-corrected chi connectivity index (χ0v) is 13.8. The maximum atomic E-state index is 12.7. The molecule has 2 rings (SSSR count). The van der Waals surface area contributed by atoms with Gasteiger partial charge < -0.3 is 10.2 Å². The fraction of sp³-hybridized carbons (Fsp3) is 0.882. The van der Waals surface area contributed by atoms with Crippen molar-refractivity contribution in [1.82, 2.24) is 10.2 Å². The highest BCUT2D eigenvalue weighted by Gasteiger charge is 2.52. The topological polar surface area (TPSA) is 49.4 Å². The van der Waals surface area contributed by atoms with Crippen molar-refractivity contribution in [1.29, 1.82) is 0 Å². The van der Waals surface area contributed by atoms with Gasteiger partial charge in [0.1, 0.15) is 11.6 Å². The summed E-state index contributed by atoms with van der Waals surface area (Å²) >= 11 is 0. The molecule has 2 amide bonds. The molecule has 4 nitrogen and oxygen atoms in total. The van der Waals surface area contributed by atoms with E-state index in [9.17, 15) is 9.59 Å². The fourth-order valence-corrected chi connectivity index (χ4v) is 3.86. The smallest absolute Gasteiger partial charge is 0.246 e. The molecular formula is C17H30N2O2. The Morgan fingerprint density at radius 1 is 1.29 bits per heavy atom. The lowest BCUT2D eigenvalue weighted by atomic mass is 9.87. The molecule has 2 unspecified atom stereocenters. The van der Waals surface area contributed by atoms with Crippen molar-refractivity contribution in [2.75, 3.05) is 6.54 Å². The molecule has 0 radical (unpaired) electrons. The third-order valence-corrected chi connectivity index (χ3v) is 5.34. The second-order valence-electron chi connectivity index (χ2n) is 6.80. The first kappa shape index (κ1) is 16.3. The minimum Gasteiger partial charge on any atom is -0.343 e. The van der Waals surface area contributed by atoms with Crippen LogP contribution in [-0.4, -0.2) is 34.8 Å². The first-order valence-corrected chi connectivity index (χ1v) is 8.67. The van der Waals surface area contributed by atoms with E-state index in [1.54, 1.807) is 0 Å². The summed E-state index contributed by atoms with van der Waals surface area (Å²) in [5, 5.41) is 2.90. The zero-order valence-electron chi connectivity index (χ0n) is 13.8. The highest BCUT2D eigenvalue weighted by Crippen LogP contribution is 2.39. The van der Waals surface area contributed by atoms with Gasteiger partial charge in [-0.2, -0.15) is 0 Å². The van der Waals surface area contributed by atoms with Crippen LogP contribution < -0.4 is 5.32 Å². The molecule has 1 aliphatic carbocycles. The number of carbonyl (C=O) groups is 2. The Hall–Kier alpha value is -1.06. The molecule has 0 aromatic carbocycles. The Morgan fingerprint density at radius 3 is 2.52 bits per heavy atom. The van der Waals surface area contributed by atoms with Gasteiger partial charge in [-0.1, -0.05) is 46.0 Å². The number of hydrogen-bond acceptors (Lipinski definition) is 2. The van der Waals surface area contributed by atoms with Crippen molar-refractivity contribution in [2.24, 2.45) is 5.92 Å². The number of unbranched alkanes of at least 4 members (excludes halogenated alkanes) is 1. The monoisotopic (exact) mass is 294 g/mol. The van der Waals surface area contributed by atoms with Crippen LogP contribution in [0.3, 0.4) is 0 Å². The minimum absolute atomic E-state index is 0.0810. The molecule has 2 atom stereocenters. The van der Waals surface area contributed by atoms with Crippen molar-refractivity contribution < 1.29 is 9.59 Å². The van der Waals surface area contributed by atoms with E-state index < -0.39 is 5.54 Å². The zero-order chi connectivity index (χ0) is 15.5. The van der Waals surface area contributed by atoms with Crippen LogP contribution in [0.2, 0.25) is 0 Å². The lowest BCUT2D eigenvalue weighted by molar-refractivity contribution is -0.157. The Bertz CT molecular complexity index is 388. The second-order valence-corrected chi connectivity index (χ2v) is 6.80. The van der Waals surface area contributed by atoms with E-state index >= 15 is 0 Å². The van der Waals surface area contributed by atoms with Gasteiger partial charge in [0, 0.05) is 6.54 Å². The highest BCUT2D eigenvalue weighted by molar-refractivity contribution is 5.99. The largest absolute Gasteiger partial charge is 0.343 e. The normalized spacial score (nSPS) is 26.2. The predicted octanol–water partition coefficient (Wildman–Crippen LogP) is 2.86. The summed E-state index contributed by atoms with van der Waals surface area (Å²) in [4.78, 5) is 27.2. The predicted molar refractivity (Wildman–Crippen MR) is 83.8 cm³/mol. The molecule has 2 aliphatic rings.